The van der Waals surface area contributed by atoms with E-state index in [1.165, 1.54) is 0 Å². The molecule has 0 aromatic heterocycles. The minimum Gasteiger partial charge on any atom is -0.465 e. The average Bonchev–Trinajstić information content (AvgIpc) is 2.18. The van der Waals surface area contributed by atoms with Gasteiger partial charge in [0.25, 0.3) is 0 Å². The minimum absolute atomic E-state index is 0.144. The van der Waals surface area contributed by atoms with E-state index in [2.05, 4.69) is 19.2 Å². The van der Waals surface area contributed by atoms with Gasteiger partial charge >= 0.3 is 5.97 Å². The van der Waals surface area contributed by atoms with E-state index in [1.807, 2.05) is 13.8 Å². The van der Waals surface area contributed by atoms with Crippen molar-refractivity contribution in [2.75, 3.05) is 6.61 Å². The van der Waals surface area contributed by atoms with Crippen LogP contribution in [0.25, 0.3) is 0 Å². The predicted octanol–water partition coefficient (Wildman–Crippen LogP) is 2.50. The highest BCUT2D eigenvalue weighted by Crippen LogP contribution is 2.06. The Labute approximate surface area is 93.6 Å². The SMILES string of the molecule is CCCC(CCC)NC(C)C(=O)OCC. The van der Waals surface area contributed by atoms with Gasteiger partial charge in [0.2, 0.25) is 0 Å². The van der Waals surface area contributed by atoms with Crippen LogP contribution in [0.2, 0.25) is 0 Å². The molecule has 0 heterocycles. The molecule has 1 unspecified atom stereocenters. The monoisotopic (exact) mass is 215 g/mol. The second-order valence-electron chi connectivity index (χ2n) is 3.91. The summed E-state index contributed by atoms with van der Waals surface area (Å²) >= 11 is 0. The Hall–Kier alpha value is -0.570. The molecule has 0 saturated heterocycles. The standard InChI is InChI=1S/C12H25NO2/c1-5-8-11(9-6-2)13-10(4)12(14)15-7-3/h10-11,13H,5-9H2,1-4H3. The molecule has 3 heteroatoms. The third-order valence-electron chi connectivity index (χ3n) is 2.40. The predicted molar refractivity (Wildman–Crippen MR) is 62.8 cm³/mol. The third kappa shape index (κ3) is 6.50. The Bertz CT molecular complexity index is 165. The highest BCUT2D eigenvalue weighted by atomic mass is 16.5. The zero-order valence-corrected chi connectivity index (χ0v) is 10.5. The fraction of sp³-hybridized carbons (Fsp3) is 0.917. The number of esters is 1. The lowest BCUT2D eigenvalue weighted by atomic mass is 10.1. The Morgan fingerprint density at radius 2 is 1.73 bits per heavy atom. The first-order valence-corrected chi connectivity index (χ1v) is 6.08. The van der Waals surface area contributed by atoms with Crippen molar-refractivity contribution in [3.8, 4) is 0 Å². The molecule has 0 bridgehead atoms. The minimum atomic E-state index is -0.187. The molecule has 90 valence electrons. The van der Waals surface area contributed by atoms with Crippen LogP contribution in [0.15, 0.2) is 0 Å². The van der Waals surface area contributed by atoms with Crippen LogP contribution in [0.5, 0.6) is 0 Å². The van der Waals surface area contributed by atoms with E-state index in [1.54, 1.807) is 0 Å². The summed E-state index contributed by atoms with van der Waals surface area (Å²) in [6.07, 6.45) is 4.54. The van der Waals surface area contributed by atoms with Gasteiger partial charge in [-0.2, -0.15) is 0 Å². The van der Waals surface area contributed by atoms with Crippen molar-refractivity contribution in [3.05, 3.63) is 0 Å². The topological polar surface area (TPSA) is 38.3 Å². The quantitative estimate of drug-likeness (QED) is 0.632. The number of ether oxygens (including phenoxy) is 1. The second kappa shape index (κ2) is 8.72. The fourth-order valence-corrected chi connectivity index (χ4v) is 1.70. The van der Waals surface area contributed by atoms with Crippen molar-refractivity contribution < 1.29 is 9.53 Å². The lowest BCUT2D eigenvalue weighted by molar-refractivity contribution is -0.145. The molecule has 0 aliphatic rings. The van der Waals surface area contributed by atoms with Gasteiger partial charge in [0.1, 0.15) is 6.04 Å². The van der Waals surface area contributed by atoms with Gasteiger partial charge in [-0.15, -0.1) is 0 Å². The van der Waals surface area contributed by atoms with E-state index in [0.717, 1.165) is 25.7 Å². The molecule has 0 saturated carbocycles. The second-order valence-corrected chi connectivity index (χ2v) is 3.91. The number of hydrogen-bond acceptors (Lipinski definition) is 3. The van der Waals surface area contributed by atoms with E-state index in [0.29, 0.717) is 12.6 Å². The first-order valence-electron chi connectivity index (χ1n) is 6.08. The summed E-state index contributed by atoms with van der Waals surface area (Å²) in [5.41, 5.74) is 0. The van der Waals surface area contributed by atoms with Crippen LogP contribution >= 0.6 is 0 Å². The van der Waals surface area contributed by atoms with Crippen molar-refractivity contribution in [1.82, 2.24) is 5.32 Å². The van der Waals surface area contributed by atoms with Crippen molar-refractivity contribution in [2.45, 2.75) is 65.5 Å². The first kappa shape index (κ1) is 14.4. The van der Waals surface area contributed by atoms with Crippen molar-refractivity contribution in [2.24, 2.45) is 0 Å². The van der Waals surface area contributed by atoms with Gasteiger partial charge in [-0.05, 0) is 26.7 Å². The van der Waals surface area contributed by atoms with Crippen LogP contribution in [0.3, 0.4) is 0 Å². The molecule has 0 aliphatic heterocycles. The lowest BCUT2D eigenvalue weighted by Crippen LogP contribution is -2.42. The van der Waals surface area contributed by atoms with Gasteiger partial charge in [0, 0.05) is 6.04 Å². The summed E-state index contributed by atoms with van der Waals surface area (Å²) in [6.45, 7) is 8.49. The molecule has 0 spiro atoms. The largest absolute Gasteiger partial charge is 0.465 e. The summed E-state index contributed by atoms with van der Waals surface area (Å²) in [7, 11) is 0. The molecular formula is C12H25NO2. The van der Waals surface area contributed by atoms with E-state index >= 15 is 0 Å². The van der Waals surface area contributed by atoms with Crippen LogP contribution in [0.4, 0.5) is 0 Å². The lowest BCUT2D eigenvalue weighted by Gasteiger charge is -2.21. The number of carbonyl (C=O) groups excluding carboxylic acids is 1. The first-order chi connectivity index (χ1) is 7.15. The molecule has 0 radical (unpaired) electrons. The Balaban J connectivity index is 3.96. The van der Waals surface area contributed by atoms with Crippen molar-refractivity contribution in [3.63, 3.8) is 0 Å². The summed E-state index contributed by atoms with van der Waals surface area (Å²) < 4.78 is 4.96. The third-order valence-corrected chi connectivity index (χ3v) is 2.40. The Morgan fingerprint density at radius 1 is 1.20 bits per heavy atom. The molecule has 1 N–H and O–H groups in total. The summed E-state index contributed by atoms with van der Waals surface area (Å²) in [5.74, 6) is -0.144. The van der Waals surface area contributed by atoms with Gasteiger partial charge in [-0.1, -0.05) is 26.7 Å². The van der Waals surface area contributed by atoms with E-state index < -0.39 is 0 Å². The van der Waals surface area contributed by atoms with Crippen LogP contribution in [0.1, 0.15) is 53.4 Å². The summed E-state index contributed by atoms with van der Waals surface area (Å²) in [6, 6.07) is 0.257. The molecular weight excluding hydrogens is 190 g/mol. The molecule has 0 rings (SSSR count). The molecule has 0 aromatic rings. The van der Waals surface area contributed by atoms with Crippen LogP contribution in [0, 0.1) is 0 Å². The maximum atomic E-state index is 11.4. The van der Waals surface area contributed by atoms with Gasteiger partial charge < -0.3 is 10.1 Å². The van der Waals surface area contributed by atoms with E-state index in [-0.39, 0.29) is 12.0 Å². The number of nitrogens with one attached hydrogen (secondary N) is 1. The van der Waals surface area contributed by atoms with Crippen molar-refractivity contribution in [1.29, 1.82) is 0 Å². The van der Waals surface area contributed by atoms with Crippen LogP contribution in [-0.2, 0) is 9.53 Å². The molecule has 15 heavy (non-hydrogen) atoms. The maximum absolute atomic E-state index is 11.4. The summed E-state index contributed by atoms with van der Waals surface area (Å²) in [5, 5.41) is 3.33. The molecule has 0 fully saturated rings. The highest BCUT2D eigenvalue weighted by Gasteiger charge is 2.17. The smallest absolute Gasteiger partial charge is 0.322 e. The van der Waals surface area contributed by atoms with Crippen molar-refractivity contribution >= 4 is 5.97 Å². The van der Waals surface area contributed by atoms with Gasteiger partial charge in [-0.25, -0.2) is 0 Å². The molecule has 0 aromatic carbocycles. The molecule has 1 atom stereocenters. The Kier molecular flexibility index (Phi) is 8.38. The van der Waals surface area contributed by atoms with E-state index in [9.17, 15) is 4.79 Å². The number of carbonyl (C=O) groups is 1. The van der Waals surface area contributed by atoms with Gasteiger partial charge in [-0.3, -0.25) is 4.79 Å². The summed E-state index contributed by atoms with van der Waals surface area (Å²) in [4.78, 5) is 11.4. The maximum Gasteiger partial charge on any atom is 0.322 e. The number of rotatable bonds is 8. The highest BCUT2D eigenvalue weighted by molar-refractivity contribution is 5.75. The van der Waals surface area contributed by atoms with Crippen LogP contribution in [-0.4, -0.2) is 24.7 Å². The van der Waals surface area contributed by atoms with E-state index in [4.69, 9.17) is 4.74 Å². The number of hydrogen-bond donors (Lipinski definition) is 1. The van der Waals surface area contributed by atoms with Gasteiger partial charge in [0.15, 0.2) is 0 Å². The fourth-order valence-electron chi connectivity index (χ4n) is 1.70. The zero-order chi connectivity index (χ0) is 11.7. The molecule has 0 amide bonds. The van der Waals surface area contributed by atoms with Gasteiger partial charge in [0.05, 0.1) is 6.61 Å². The average molecular weight is 215 g/mol. The van der Waals surface area contributed by atoms with Crippen LogP contribution < -0.4 is 5.32 Å². The zero-order valence-electron chi connectivity index (χ0n) is 10.5. The molecule has 0 aliphatic carbocycles. The molecule has 3 nitrogen and oxygen atoms in total. The Morgan fingerprint density at radius 3 is 2.13 bits per heavy atom. The normalized spacial score (nSPS) is 12.9.